The molecular weight excluding hydrogens is 346 g/mol. The van der Waals surface area contributed by atoms with Gasteiger partial charge in [-0.15, -0.1) is 0 Å². The van der Waals surface area contributed by atoms with Crippen molar-refractivity contribution < 1.29 is 19.6 Å². The Hall–Kier alpha value is -2.93. The number of nitrogens with one attached hydrogen (secondary N) is 3. The third kappa shape index (κ3) is 5.04. The molecule has 2 rings (SSSR count). The average Bonchev–Trinajstić information content (AvgIpc) is 2.70. The highest BCUT2D eigenvalue weighted by atomic mass is 16.5. The standard InChI is InChI=1S/C20H25N3O4/c1-3-20(11-9-16(10-12-20)15-7-5-4-6-8-15)19(26)22-17(18(25)23-27)13-21-14(2)24/h4-11,17,27H,3,12-13H2,1-2H3,(H,21,24)(H,22,26)(H,23,25)/t17-,20?/m0/s1. The second kappa shape index (κ2) is 9.14. The maximum absolute atomic E-state index is 12.9. The zero-order valence-corrected chi connectivity index (χ0v) is 15.5. The second-order valence-electron chi connectivity index (χ2n) is 6.51. The van der Waals surface area contributed by atoms with E-state index in [4.69, 9.17) is 5.21 Å². The van der Waals surface area contributed by atoms with Gasteiger partial charge >= 0.3 is 0 Å². The lowest BCUT2D eigenvalue weighted by molar-refractivity contribution is -0.137. The van der Waals surface area contributed by atoms with Crippen molar-refractivity contribution in [2.75, 3.05) is 6.54 Å². The quantitative estimate of drug-likeness (QED) is 0.431. The highest BCUT2D eigenvalue weighted by Crippen LogP contribution is 2.36. The van der Waals surface area contributed by atoms with Gasteiger partial charge in [0.1, 0.15) is 6.04 Å². The van der Waals surface area contributed by atoms with Crippen LogP contribution in [0, 0.1) is 5.41 Å². The van der Waals surface area contributed by atoms with Gasteiger partial charge in [-0.3, -0.25) is 19.6 Å². The number of amides is 3. The molecule has 7 heteroatoms. The van der Waals surface area contributed by atoms with E-state index in [1.807, 2.05) is 55.5 Å². The molecule has 27 heavy (non-hydrogen) atoms. The van der Waals surface area contributed by atoms with Crippen LogP contribution in [0.2, 0.25) is 0 Å². The topological polar surface area (TPSA) is 108 Å². The minimum Gasteiger partial charge on any atom is -0.354 e. The molecule has 0 aromatic heterocycles. The number of hydroxylamine groups is 1. The summed E-state index contributed by atoms with van der Waals surface area (Å²) in [4.78, 5) is 35.8. The van der Waals surface area contributed by atoms with E-state index in [1.165, 1.54) is 12.4 Å². The van der Waals surface area contributed by atoms with Crippen LogP contribution in [0.25, 0.3) is 5.57 Å². The molecule has 1 unspecified atom stereocenters. The van der Waals surface area contributed by atoms with Crippen LogP contribution in [0.4, 0.5) is 0 Å². The zero-order valence-electron chi connectivity index (χ0n) is 15.5. The Kier molecular flexibility index (Phi) is 6.90. The van der Waals surface area contributed by atoms with Gasteiger partial charge in [-0.1, -0.05) is 55.5 Å². The first-order valence-electron chi connectivity index (χ1n) is 8.86. The van der Waals surface area contributed by atoms with Gasteiger partial charge in [0.2, 0.25) is 11.8 Å². The van der Waals surface area contributed by atoms with Crippen molar-refractivity contribution in [3.63, 3.8) is 0 Å². The number of allylic oxidation sites excluding steroid dienone is 3. The first-order chi connectivity index (χ1) is 12.9. The summed E-state index contributed by atoms with van der Waals surface area (Å²) in [6.07, 6.45) is 6.81. The highest BCUT2D eigenvalue weighted by Gasteiger charge is 2.37. The summed E-state index contributed by atoms with van der Waals surface area (Å²) in [5.41, 5.74) is 2.84. The molecule has 7 nitrogen and oxygen atoms in total. The third-order valence-electron chi connectivity index (χ3n) is 4.75. The molecular formula is C20H25N3O4. The van der Waals surface area contributed by atoms with Gasteiger partial charge in [-0.2, -0.15) is 0 Å². The normalized spacial score (nSPS) is 19.6. The second-order valence-corrected chi connectivity index (χ2v) is 6.51. The largest absolute Gasteiger partial charge is 0.354 e. The van der Waals surface area contributed by atoms with Crippen molar-refractivity contribution in [2.24, 2.45) is 5.41 Å². The molecule has 0 radical (unpaired) electrons. The van der Waals surface area contributed by atoms with Crippen molar-refractivity contribution in [1.29, 1.82) is 0 Å². The Balaban J connectivity index is 2.13. The van der Waals surface area contributed by atoms with Crippen LogP contribution < -0.4 is 16.1 Å². The van der Waals surface area contributed by atoms with Gasteiger partial charge in [-0.05, 0) is 24.0 Å². The lowest BCUT2D eigenvalue weighted by Gasteiger charge is -2.31. The fourth-order valence-corrected chi connectivity index (χ4v) is 2.95. The number of rotatable bonds is 7. The maximum atomic E-state index is 12.9. The Bertz CT molecular complexity index is 758. The SMILES string of the molecule is CCC1(C(=O)N[C@@H](CNC(C)=O)C(=O)NO)C=CC(c2ccccc2)=CC1. The molecule has 0 bridgehead atoms. The van der Waals surface area contributed by atoms with E-state index in [9.17, 15) is 14.4 Å². The van der Waals surface area contributed by atoms with E-state index in [-0.39, 0.29) is 18.4 Å². The van der Waals surface area contributed by atoms with Crippen molar-refractivity contribution >= 4 is 23.3 Å². The summed E-state index contributed by atoms with van der Waals surface area (Å²) >= 11 is 0. The van der Waals surface area contributed by atoms with Gasteiger partial charge < -0.3 is 10.6 Å². The first kappa shape index (κ1) is 20.4. The molecule has 1 aromatic carbocycles. The predicted octanol–water partition coefficient (Wildman–Crippen LogP) is 1.55. The molecule has 0 heterocycles. The van der Waals surface area contributed by atoms with Gasteiger partial charge in [0.05, 0.1) is 5.41 Å². The van der Waals surface area contributed by atoms with Crippen molar-refractivity contribution in [3.05, 3.63) is 54.1 Å². The molecule has 1 aromatic rings. The first-order valence-corrected chi connectivity index (χ1v) is 8.86. The fourth-order valence-electron chi connectivity index (χ4n) is 2.95. The maximum Gasteiger partial charge on any atom is 0.267 e. The minimum absolute atomic E-state index is 0.109. The van der Waals surface area contributed by atoms with Crippen molar-refractivity contribution in [1.82, 2.24) is 16.1 Å². The van der Waals surface area contributed by atoms with Crippen molar-refractivity contribution in [3.8, 4) is 0 Å². The molecule has 0 fully saturated rings. The average molecular weight is 371 g/mol. The fraction of sp³-hybridized carbons (Fsp3) is 0.350. The lowest BCUT2D eigenvalue weighted by Crippen LogP contribution is -2.55. The minimum atomic E-state index is -1.07. The van der Waals surface area contributed by atoms with Crippen LogP contribution in [0.15, 0.2) is 48.6 Å². The summed E-state index contributed by atoms with van der Waals surface area (Å²) in [5, 5.41) is 14.0. The van der Waals surface area contributed by atoms with Crippen LogP contribution in [0.5, 0.6) is 0 Å². The number of carbonyl (C=O) groups excluding carboxylic acids is 3. The van der Waals surface area contributed by atoms with Crippen LogP contribution in [0.3, 0.4) is 0 Å². The van der Waals surface area contributed by atoms with Crippen LogP contribution in [-0.4, -0.2) is 35.5 Å². The van der Waals surface area contributed by atoms with Crippen LogP contribution >= 0.6 is 0 Å². The summed E-state index contributed by atoms with van der Waals surface area (Å²) in [6.45, 7) is 3.10. The smallest absolute Gasteiger partial charge is 0.267 e. The summed E-state index contributed by atoms with van der Waals surface area (Å²) < 4.78 is 0. The molecule has 4 N–H and O–H groups in total. The van der Waals surface area contributed by atoms with E-state index in [0.717, 1.165) is 11.1 Å². The van der Waals surface area contributed by atoms with Gasteiger partial charge in [0.25, 0.3) is 5.91 Å². The van der Waals surface area contributed by atoms with Crippen molar-refractivity contribution in [2.45, 2.75) is 32.7 Å². The summed E-state index contributed by atoms with van der Waals surface area (Å²) in [6, 6.07) is 8.80. The van der Waals surface area contributed by atoms with E-state index < -0.39 is 17.4 Å². The summed E-state index contributed by atoms with van der Waals surface area (Å²) in [7, 11) is 0. The Morgan fingerprint density at radius 1 is 1.22 bits per heavy atom. The molecule has 0 saturated carbocycles. The molecule has 0 aliphatic heterocycles. The third-order valence-corrected chi connectivity index (χ3v) is 4.75. The number of hydrogen-bond acceptors (Lipinski definition) is 4. The molecule has 144 valence electrons. The highest BCUT2D eigenvalue weighted by molar-refractivity contribution is 5.92. The molecule has 2 atom stereocenters. The Morgan fingerprint density at radius 2 is 1.93 bits per heavy atom. The van der Waals surface area contributed by atoms with E-state index in [2.05, 4.69) is 10.6 Å². The molecule has 0 saturated heterocycles. The van der Waals surface area contributed by atoms with E-state index >= 15 is 0 Å². The molecule has 1 aliphatic carbocycles. The van der Waals surface area contributed by atoms with Gasteiger partial charge in [0, 0.05) is 13.5 Å². The summed E-state index contributed by atoms with van der Waals surface area (Å²) in [5.74, 6) is -1.45. The predicted molar refractivity (Wildman–Crippen MR) is 101 cm³/mol. The van der Waals surface area contributed by atoms with Gasteiger partial charge in [-0.25, -0.2) is 5.48 Å². The number of carbonyl (C=O) groups is 3. The van der Waals surface area contributed by atoms with Crippen LogP contribution in [-0.2, 0) is 14.4 Å². The number of benzene rings is 1. The van der Waals surface area contributed by atoms with Crippen LogP contribution in [0.1, 0.15) is 32.3 Å². The monoisotopic (exact) mass is 371 g/mol. The van der Waals surface area contributed by atoms with E-state index in [0.29, 0.717) is 12.8 Å². The molecule has 0 spiro atoms. The van der Waals surface area contributed by atoms with E-state index in [1.54, 1.807) is 0 Å². The van der Waals surface area contributed by atoms with Gasteiger partial charge in [0.15, 0.2) is 0 Å². The Morgan fingerprint density at radius 3 is 2.44 bits per heavy atom. The lowest BCUT2D eigenvalue weighted by atomic mass is 9.76. The Labute approximate surface area is 158 Å². The number of hydrogen-bond donors (Lipinski definition) is 4. The molecule has 3 amide bonds. The zero-order chi connectivity index (χ0) is 19.9. The molecule has 1 aliphatic rings.